The van der Waals surface area contributed by atoms with Gasteiger partial charge in [-0.25, -0.2) is 4.79 Å². The summed E-state index contributed by atoms with van der Waals surface area (Å²) in [5.74, 6) is -0.0388. The molecule has 0 spiro atoms. The minimum atomic E-state index is -0.0646. The Kier molecular flexibility index (Phi) is 4.26. The van der Waals surface area contributed by atoms with Crippen LogP contribution < -0.4 is 11.1 Å². The Bertz CT molecular complexity index is 466. The standard InChI is InChI=1S/C12H18N4O2S/c1-2-14-12(18)16-6-4-15(5-7-16)11(17)10-9(13)3-8-19-10/h3,8H,2,4-7,13H2,1H3,(H,14,18). The first-order valence-electron chi connectivity index (χ1n) is 6.28. The maximum atomic E-state index is 12.2. The molecule has 0 aliphatic carbocycles. The number of thiophene rings is 1. The molecule has 19 heavy (non-hydrogen) atoms. The van der Waals surface area contributed by atoms with Gasteiger partial charge >= 0.3 is 6.03 Å². The number of urea groups is 1. The number of nitrogens with zero attached hydrogens (tertiary/aromatic N) is 2. The summed E-state index contributed by atoms with van der Waals surface area (Å²) in [4.78, 5) is 27.9. The molecule has 1 aromatic rings. The fourth-order valence-corrected chi connectivity index (χ4v) is 2.80. The van der Waals surface area contributed by atoms with E-state index in [1.54, 1.807) is 15.9 Å². The van der Waals surface area contributed by atoms with Crippen LogP contribution in [0, 0.1) is 0 Å². The number of rotatable bonds is 2. The zero-order chi connectivity index (χ0) is 13.8. The summed E-state index contributed by atoms with van der Waals surface area (Å²) < 4.78 is 0. The van der Waals surface area contributed by atoms with Crippen LogP contribution in [0.15, 0.2) is 11.4 Å². The minimum Gasteiger partial charge on any atom is -0.397 e. The minimum absolute atomic E-state index is 0.0388. The van der Waals surface area contributed by atoms with Gasteiger partial charge in [-0.2, -0.15) is 0 Å². The van der Waals surface area contributed by atoms with E-state index < -0.39 is 0 Å². The summed E-state index contributed by atoms with van der Waals surface area (Å²) in [6.07, 6.45) is 0. The molecular weight excluding hydrogens is 264 g/mol. The highest BCUT2D eigenvalue weighted by Gasteiger charge is 2.25. The predicted octanol–water partition coefficient (Wildman–Crippen LogP) is 0.818. The third-order valence-corrected chi connectivity index (χ3v) is 3.99. The average molecular weight is 282 g/mol. The Morgan fingerprint density at radius 2 is 1.95 bits per heavy atom. The molecule has 0 saturated carbocycles. The molecule has 6 nitrogen and oxygen atoms in total. The van der Waals surface area contributed by atoms with E-state index in [1.165, 1.54) is 11.3 Å². The van der Waals surface area contributed by atoms with E-state index in [2.05, 4.69) is 5.32 Å². The first-order valence-corrected chi connectivity index (χ1v) is 7.16. The normalized spacial score (nSPS) is 15.4. The Morgan fingerprint density at radius 1 is 1.32 bits per heavy atom. The quantitative estimate of drug-likeness (QED) is 0.843. The summed E-state index contributed by atoms with van der Waals surface area (Å²) >= 11 is 1.36. The number of piperazine rings is 1. The van der Waals surface area contributed by atoms with Crippen LogP contribution >= 0.6 is 11.3 Å². The highest BCUT2D eigenvalue weighted by molar-refractivity contribution is 7.12. The van der Waals surface area contributed by atoms with Crippen LogP contribution in [0.5, 0.6) is 0 Å². The summed E-state index contributed by atoms with van der Waals surface area (Å²) in [6.45, 7) is 4.72. The monoisotopic (exact) mass is 282 g/mol. The highest BCUT2D eigenvalue weighted by atomic mass is 32.1. The lowest BCUT2D eigenvalue weighted by Gasteiger charge is -2.34. The lowest BCUT2D eigenvalue weighted by Crippen LogP contribution is -2.53. The van der Waals surface area contributed by atoms with Gasteiger partial charge in [0.25, 0.3) is 5.91 Å². The van der Waals surface area contributed by atoms with E-state index in [1.807, 2.05) is 12.3 Å². The lowest BCUT2D eigenvalue weighted by atomic mass is 10.3. The first kappa shape index (κ1) is 13.7. The molecule has 3 N–H and O–H groups in total. The van der Waals surface area contributed by atoms with Crippen molar-refractivity contribution in [2.45, 2.75) is 6.92 Å². The van der Waals surface area contributed by atoms with Crippen LogP contribution in [0.3, 0.4) is 0 Å². The van der Waals surface area contributed by atoms with Gasteiger partial charge in [-0.3, -0.25) is 4.79 Å². The van der Waals surface area contributed by atoms with Crippen LogP contribution in [-0.2, 0) is 0 Å². The molecule has 0 unspecified atom stereocenters. The van der Waals surface area contributed by atoms with Crippen LogP contribution in [0.4, 0.5) is 10.5 Å². The maximum absolute atomic E-state index is 12.2. The Morgan fingerprint density at radius 3 is 2.47 bits per heavy atom. The number of carbonyl (C=O) groups is 2. The van der Waals surface area contributed by atoms with Gasteiger partial charge in [-0.05, 0) is 18.4 Å². The van der Waals surface area contributed by atoms with Crippen molar-refractivity contribution in [1.82, 2.24) is 15.1 Å². The zero-order valence-electron chi connectivity index (χ0n) is 10.9. The van der Waals surface area contributed by atoms with Gasteiger partial charge in [-0.15, -0.1) is 11.3 Å². The molecule has 1 aliphatic rings. The van der Waals surface area contributed by atoms with E-state index >= 15 is 0 Å². The van der Waals surface area contributed by atoms with Crippen LogP contribution in [0.25, 0.3) is 0 Å². The van der Waals surface area contributed by atoms with Gasteiger partial charge in [0.05, 0.1) is 5.69 Å². The number of anilines is 1. The van der Waals surface area contributed by atoms with Crippen molar-refractivity contribution in [3.8, 4) is 0 Å². The summed E-state index contributed by atoms with van der Waals surface area (Å²) in [5, 5.41) is 4.57. The zero-order valence-corrected chi connectivity index (χ0v) is 11.7. The number of nitrogens with two attached hydrogens (primary N) is 1. The number of carbonyl (C=O) groups excluding carboxylic acids is 2. The molecule has 2 heterocycles. The Hall–Kier alpha value is -1.76. The number of nitrogen functional groups attached to an aromatic ring is 1. The highest BCUT2D eigenvalue weighted by Crippen LogP contribution is 2.21. The van der Waals surface area contributed by atoms with Gasteiger partial charge in [0.2, 0.25) is 0 Å². The summed E-state index contributed by atoms with van der Waals surface area (Å²) in [5.41, 5.74) is 6.28. The number of hydrogen-bond acceptors (Lipinski definition) is 4. The molecule has 0 aromatic carbocycles. The van der Waals surface area contributed by atoms with E-state index in [9.17, 15) is 9.59 Å². The molecule has 1 aliphatic heterocycles. The van der Waals surface area contributed by atoms with Crippen molar-refractivity contribution in [3.05, 3.63) is 16.3 Å². The van der Waals surface area contributed by atoms with Crippen molar-refractivity contribution in [2.75, 3.05) is 38.5 Å². The number of hydrogen-bond donors (Lipinski definition) is 2. The Balaban J connectivity index is 1.92. The maximum Gasteiger partial charge on any atom is 0.317 e. The van der Waals surface area contributed by atoms with Crippen molar-refractivity contribution >= 4 is 29.0 Å². The topological polar surface area (TPSA) is 78.7 Å². The SMILES string of the molecule is CCNC(=O)N1CCN(C(=O)c2sccc2N)CC1. The van der Waals surface area contributed by atoms with Crippen molar-refractivity contribution in [2.24, 2.45) is 0 Å². The molecule has 0 bridgehead atoms. The second-order valence-electron chi connectivity index (χ2n) is 4.32. The summed E-state index contributed by atoms with van der Waals surface area (Å²) in [6, 6.07) is 1.67. The molecular formula is C12H18N4O2S. The lowest BCUT2D eigenvalue weighted by molar-refractivity contribution is 0.0671. The van der Waals surface area contributed by atoms with Gasteiger partial charge in [0.1, 0.15) is 4.88 Å². The molecule has 0 radical (unpaired) electrons. The molecule has 3 amide bonds. The third-order valence-electron chi connectivity index (χ3n) is 3.07. The van der Waals surface area contributed by atoms with Crippen molar-refractivity contribution < 1.29 is 9.59 Å². The van der Waals surface area contributed by atoms with Crippen LogP contribution in [-0.4, -0.2) is 54.5 Å². The molecule has 104 valence electrons. The van der Waals surface area contributed by atoms with E-state index in [-0.39, 0.29) is 11.9 Å². The van der Waals surface area contributed by atoms with Gasteiger partial charge < -0.3 is 20.9 Å². The van der Waals surface area contributed by atoms with Gasteiger partial charge in [0, 0.05) is 32.7 Å². The second kappa shape index (κ2) is 5.92. The number of amides is 3. The largest absolute Gasteiger partial charge is 0.397 e. The van der Waals surface area contributed by atoms with Crippen LogP contribution in [0.2, 0.25) is 0 Å². The third kappa shape index (κ3) is 2.98. The fraction of sp³-hybridized carbons (Fsp3) is 0.500. The molecule has 1 fully saturated rings. The Labute approximate surface area is 116 Å². The summed E-state index contributed by atoms with van der Waals surface area (Å²) in [7, 11) is 0. The van der Waals surface area contributed by atoms with Crippen molar-refractivity contribution in [1.29, 1.82) is 0 Å². The van der Waals surface area contributed by atoms with E-state index in [0.717, 1.165) is 0 Å². The predicted molar refractivity (Wildman–Crippen MR) is 75.3 cm³/mol. The average Bonchev–Trinajstić information content (AvgIpc) is 2.84. The molecule has 7 heteroatoms. The van der Waals surface area contributed by atoms with Crippen molar-refractivity contribution in [3.63, 3.8) is 0 Å². The fourth-order valence-electron chi connectivity index (χ4n) is 2.01. The number of nitrogens with one attached hydrogen (secondary N) is 1. The molecule has 0 atom stereocenters. The van der Waals surface area contributed by atoms with Gasteiger partial charge in [-0.1, -0.05) is 0 Å². The van der Waals surface area contributed by atoms with E-state index in [4.69, 9.17) is 5.73 Å². The van der Waals surface area contributed by atoms with E-state index in [0.29, 0.717) is 43.3 Å². The van der Waals surface area contributed by atoms with Gasteiger partial charge in [0.15, 0.2) is 0 Å². The molecule has 2 rings (SSSR count). The molecule has 1 aromatic heterocycles. The molecule has 1 saturated heterocycles. The smallest absolute Gasteiger partial charge is 0.317 e. The second-order valence-corrected chi connectivity index (χ2v) is 5.24. The van der Waals surface area contributed by atoms with Crippen LogP contribution in [0.1, 0.15) is 16.6 Å². The first-order chi connectivity index (χ1) is 9.13.